The standard InChI is InChI=1S/C14H17N3O2S/c1-9(13-8-20-10(2)16-13)15-11-4-6-12(7-5-11)17-14(18)19-3/h4-9,15H,1-3H3,(H,17,18). The second-order valence-electron chi connectivity index (χ2n) is 4.35. The summed E-state index contributed by atoms with van der Waals surface area (Å²) in [4.78, 5) is 15.5. The Balaban J connectivity index is 1.98. The first-order valence-corrected chi connectivity index (χ1v) is 7.10. The van der Waals surface area contributed by atoms with Gasteiger partial charge in [-0.2, -0.15) is 0 Å². The fourth-order valence-electron chi connectivity index (χ4n) is 1.72. The quantitative estimate of drug-likeness (QED) is 0.899. The number of methoxy groups -OCH3 is 1. The predicted molar refractivity (Wildman–Crippen MR) is 81.4 cm³/mol. The number of rotatable bonds is 4. The molecule has 0 fully saturated rings. The Morgan fingerprint density at radius 3 is 2.50 bits per heavy atom. The summed E-state index contributed by atoms with van der Waals surface area (Å²) in [5.74, 6) is 0. The van der Waals surface area contributed by atoms with Crippen LogP contribution in [0.2, 0.25) is 0 Å². The molecule has 0 radical (unpaired) electrons. The largest absolute Gasteiger partial charge is 0.453 e. The number of benzene rings is 1. The van der Waals surface area contributed by atoms with Crippen molar-refractivity contribution in [1.29, 1.82) is 0 Å². The van der Waals surface area contributed by atoms with E-state index >= 15 is 0 Å². The second-order valence-corrected chi connectivity index (χ2v) is 5.41. The lowest BCUT2D eigenvalue weighted by Gasteiger charge is -2.13. The van der Waals surface area contributed by atoms with E-state index in [2.05, 4.69) is 32.7 Å². The van der Waals surface area contributed by atoms with E-state index in [9.17, 15) is 4.79 Å². The Morgan fingerprint density at radius 2 is 1.95 bits per heavy atom. The van der Waals surface area contributed by atoms with Crippen LogP contribution >= 0.6 is 11.3 Å². The number of carbonyl (C=O) groups is 1. The van der Waals surface area contributed by atoms with Gasteiger partial charge in [-0.1, -0.05) is 0 Å². The molecule has 0 spiro atoms. The van der Waals surface area contributed by atoms with E-state index in [0.717, 1.165) is 16.4 Å². The molecule has 0 aliphatic heterocycles. The van der Waals surface area contributed by atoms with Crippen molar-refractivity contribution in [3.8, 4) is 0 Å². The minimum absolute atomic E-state index is 0.138. The number of nitrogens with zero attached hydrogens (tertiary/aromatic N) is 1. The van der Waals surface area contributed by atoms with Gasteiger partial charge in [-0.25, -0.2) is 9.78 Å². The molecule has 20 heavy (non-hydrogen) atoms. The summed E-state index contributed by atoms with van der Waals surface area (Å²) in [7, 11) is 1.34. The summed E-state index contributed by atoms with van der Waals surface area (Å²) in [6.07, 6.45) is -0.475. The van der Waals surface area contributed by atoms with Crippen LogP contribution in [0.3, 0.4) is 0 Å². The molecule has 2 aromatic rings. The predicted octanol–water partition coefficient (Wildman–Crippen LogP) is 3.80. The zero-order valence-corrected chi connectivity index (χ0v) is 12.5. The summed E-state index contributed by atoms with van der Waals surface area (Å²) >= 11 is 1.64. The molecule has 1 amide bonds. The molecule has 0 aliphatic rings. The van der Waals surface area contributed by atoms with Crippen molar-refractivity contribution in [3.05, 3.63) is 40.3 Å². The molecule has 0 bridgehead atoms. The highest BCUT2D eigenvalue weighted by Gasteiger charge is 2.08. The Labute approximate surface area is 122 Å². The van der Waals surface area contributed by atoms with Gasteiger partial charge in [0.25, 0.3) is 0 Å². The van der Waals surface area contributed by atoms with Crippen molar-refractivity contribution in [1.82, 2.24) is 4.98 Å². The van der Waals surface area contributed by atoms with Gasteiger partial charge in [0, 0.05) is 16.8 Å². The number of hydrogen-bond acceptors (Lipinski definition) is 5. The van der Waals surface area contributed by atoms with E-state index in [1.165, 1.54) is 7.11 Å². The average Bonchev–Trinajstić information content (AvgIpc) is 2.87. The van der Waals surface area contributed by atoms with Crippen LogP contribution in [0.4, 0.5) is 16.2 Å². The Kier molecular flexibility index (Phi) is 4.57. The minimum atomic E-state index is -0.475. The van der Waals surface area contributed by atoms with Crippen LogP contribution < -0.4 is 10.6 Å². The van der Waals surface area contributed by atoms with Crippen LogP contribution in [0.15, 0.2) is 29.6 Å². The van der Waals surface area contributed by atoms with Gasteiger partial charge in [-0.05, 0) is 38.1 Å². The van der Waals surface area contributed by atoms with Crippen LogP contribution in [0.5, 0.6) is 0 Å². The molecule has 1 unspecified atom stereocenters. The van der Waals surface area contributed by atoms with Crippen molar-refractivity contribution in [2.75, 3.05) is 17.7 Å². The summed E-state index contributed by atoms with van der Waals surface area (Å²) in [6.45, 7) is 4.06. The smallest absolute Gasteiger partial charge is 0.411 e. The van der Waals surface area contributed by atoms with Crippen LogP contribution in [0, 0.1) is 6.92 Å². The molecule has 1 aromatic heterocycles. The van der Waals surface area contributed by atoms with E-state index in [1.807, 2.05) is 31.2 Å². The van der Waals surface area contributed by atoms with Crippen LogP contribution in [-0.2, 0) is 4.74 Å². The second kappa shape index (κ2) is 6.38. The highest BCUT2D eigenvalue weighted by Crippen LogP contribution is 2.22. The van der Waals surface area contributed by atoms with Gasteiger partial charge in [0.15, 0.2) is 0 Å². The van der Waals surface area contributed by atoms with E-state index in [0.29, 0.717) is 5.69 Å². The van der Waals surface area contributed by atoms with Crippen molar-refractivity contribution >= 4 is 28.8 Å². The van der Waals surface area contributed by atoms with Crippen molar-refractivity contribution in [2.45, 2.75) is 19.9 Å². The summed E-state index contributed by atoms with van der Waals surface area (Å²) in [6, 6.07) is 7.58. The maximum absolute atomic E-state index is 11.1. The van der Waals surface area contributed by atoms with Crippen molar-refractivity contribution in [2.24, 2.45) is 0 Å². The maximum atomic E-state index is 11.1. The summed E-state index contributed by atoms with van der Waals surface area (Å²) in [5, 5.41) is 9.09. The zero-order valence-electron chi connectivity index (χ0n) is 11.6. The highest BCUT2D eigenvalue weighted by atomic mass is 32.1. The van der Waals surface area contributed by atoms with Gasteiger partial charge in [0.05, 0.1) is 23.9 Å². The monoisotopic (exact) mass is 291 g/mol. The number of carbonyl (C=O) groups excluding carboxylic acids is 1. The fourth-order valence-corrected chi connectivity index (χ4v) is 2.43. The molecule has 2 N–H and O–H groups in total. The third kappa shape index (κ3) is 3.71. The number of ether oxygens (including phenoxy) is 1. The Morgan fingerprint density at radius 1 is 1.30 bits per heavy atom. The summed E-state index contributed by atoms with van der Waals surface area (Å²) < 4.78 is 4.54. The Bertz CT molecular complexity index is 580. The van der Waals surface area contributed by atoms with Crippen LogP contribution in [0.1, 0.15) is 23.7 Å². The van der Waals surface area contributed by atoms with Crippen molar-refractivity contribution < 1.29 is 9.53 Å². The number of hydrogen-bond donors (Lipinski definition) is 2. The third-order valence-electron chi connectivity index (χ3n) is 2.78. The lowest BCUT2D eigenvalue weighted by molar-refractivity contribution is 0.187. The SMILES string of the molecule is COC(=O)Nc1ccc(NC(C)c2csc(C)n2)cc1. The van der Waals surface area contributed by atoms with Crippen LogP contribution in [-0.4, -0.2) is 18.2 Å². The topological polar surface area (TPSA) is 63.2 Å². The number of amides is 1. The summed E-state index contributed by atoms with van der Waals surface area (Å²) in [5.41, 5.74) is 2.70. The first-order chi connectivity index (χ1) is 9.58. The molecule has 1 heterocycles. The van der Waals surface area contributed by atoms with Gasteiger partial charge in [0.2, 0.25) is 0 Å². The van der Waals surface area contributed by atoms with E-state index in [4.69, 9.17) is 0 Å². The molecular formula is C14H17N3O2S. The number of aromatic nitrogens is 1. The van der Waals surface area contributed by atoms with Crippen molar-refractivity contribution in [3.63, 3.8) is 0 Å². The lowest BCUT2D eigenvalue weighted by atomic mass is 10.2. The minimum Gasteiger partial charge on any atom is -0.453 e. The van der Waals surface area contributed by atoms with E-state index in [-0.39, 0.29) is 6.04 Å². The van der Waals surface area contributed by atoms with Gasteiger partial charge in [-0.15, -0.1) is 11.3 Å². The molecule has 0 saturated carbocycles. The highest BCUT2D eigenvalue weighted by molar-refractivity contribution is 7.09. The number of anilines is 2. The number of nitrogens with one attached hydrogen (secondary N) is 2. The van der Waals surface area contributed by atoms with E-state index < -0.39 is 6.09 Å². The normalized spacial score (nSPS) is 11.8. The molecular weight excluding hydrogens is 274 g/mol. The molecule has 2 rings (SSSR count). The van der Waals surface area contributed by atoms with Gasteiger partial charge in [-0.3, -0.25) is 5.32 Å². The first-order valence-electron chi connectivity index (χ1n) is 6.22. The molecule has 5 nitrogen and oxygen atoms in total. The third-order valence-corrected chi connectivity index (χ3v) is 3.57. The fraction of sp³-hybridized carbons (Fsp3) is 0.286. The van der Waals surface area contributed by atoms with Crippen LogP contribution in [0.25, 0.3) is 0 Å². The first kappa shape index (κ1) is 14.3. The molecule has 0 saturated heterocycles. The van der Waals surface area contributed by atoms with E-state index in [1.54, 1.807) is 11.3 Å². The molecule has 1 aromatic carbocycles. The molecule has 106 valence electrons. The molecule has 0 aliphatic carbocycles. The zero-order chi connectivity index (χ0) is 14.5. The van der Waals surface area contributed by atoms with Gasteiger partial charge < -0.3 is 10.1 Å². The average molecular weight is 291 g/mol. The maximum Gasteiger partial charge on any atom is 0.411 e. The Hall–Kier alpha value is -2.08. The lowest BCUT2D eigenvalue weighted by Crippen LogP contribution is -2.11. The number of thiazole rings is 1. The number of aryl methyl sites for hydroxylation is 1. The van der Waals surface area contributed by atoms with Gasteiger partial charge >= 0.3 is 6.09 Å². The van der Waals surface area contributed by atoms with Gasteiger partial charge in [0.1, 0.15) is 0 Å². The molecule has 1 atom stereocenters. The molecule has 6 heteroatoms.